The van der Waals surface area contributed by atoms with Crippen molar-refractivity contribution in [1.82, 2.24) is 4.90 Å². The number of anilines is 1. The van der Waals surface area contributed by atoms with E-state index in [2.05, 4.69) is 5.32 Å². The molecule has 1 aliphatic heterocycles. The molecule has 1 aliphatic rings. The van der Waals surface area contributed by atoms with Gasteiger partial charge in [-0.3, -0.25) is 9.69 Å². The summed E-state index contributed by atoms with van der Waals surface area (Å²) in [5, 5.41) is 11.8. The van der Waals surface area contributed by atoms with Crippen LogP contribution in [0.15, 0.2) is 24.3 Å². The van der Waals surface area contributed by atoms with E-state index in [1.54, 1.807) is 6.92 Å². The lowest BCUT2D eigenvalue weighted by Crippen LogP contribution is -2.47. The smallest absolute Gasteiger partial charge is 0.393 e. The Hall–Kier alpha value is -1.60. The number of hydrogen-bond donors (Lipinski definition) is 2. The van der Waals surface area contributed by atoms with E-state index in [1.807, 2.05) is 4.90 Å². The highest BCUT2D eigenvalue weighted by Crippen LogP contribution is 2.34. The van der Waals surface area contributed by atoms with Crippen LogP contribution in [0.1, 0.15) is 25.3 Å². The first-order chi connectivity index (χ1) is 10.3. The van der Waals surface area contributed by atoms with Crippen molar-refractivity contribution in [2.75, 3.05) is 18.4 Å². The third-order valence-electron chi connectivity index (χ3n) is 3.92. The Labute approximate surface area is 126 Å². The van der Waals surface area contributed by atoms with E-state index in [0.29, 0.717) is 25.9 Å². The van der Waals surface area contributed by atoms with E-state index in [0.717, 1.165) is 6.07 Å². The van der Waals surface area contributed by atoms with Crippen LogP contribution in [-0.2, 0) is 11.0 Å². The molecule has 1 unspecified atom stereocenters. The molecular weight excluding hydrogens is 297 g/mol. The molecule has 0 aliphatic carbocycles. The maximum Gasteiger partial charge on any atom is 0.418 e. The van der Waals surface area contributed by atoms with Crippen molar-refractivity contribution in [2.45, 2.75) is 38.1 Å². The number of rotatable bonds is 3. The van der Waals surface area contributed by atoms with Gasteiger partial charge in [-0.2, -0.15) is 13.2 Å². The Morgan fingerprint density at radius 3 is 2.50 bits per heavy atom. The highest BCUT2D eigenvalue weighted by Gasteiger charge is 2.34. The van der Waals surface area contributed by atoms with Crippen LogP contribution in [0.2, 0.25) is 0 Å². The first kappa shape index (κ1) is 16.8. The number of para-hydroxylation sites is 1. The van der Waals surface area contributed by atoms with Gasteiger partial charge in [-0.1, -0.05) is 12.1 Å². The molecule has 0 aromatic heterocycles. The van der Waals surface area contributed by atoms with Gasteiger partial charge in [0.1, 0.15) is 0 Å². The molecule has 1 heterocycles. The molecule has 1 saturated heterocycles. The second kappa shape index (κ2) is 6.66. The van der Waals surface area contributed by atoms with Gasteiger partial charge in [-0.05, 0) is 31.9 Å². The van der Waals surface area contributed by atoms with Gasteiger partial charge in [0, 0.05) is 13.1 Å². The number of nitrogens with zero attached hydrogens (tertiary/aromatic N) is 1. The first-order valence-corrected chi connectivity index (χ1v) is 7.18. The van der Waals surface area contributed by atoms with Crippen molar-refractivity contribution in [3.8, 4) is 0 Å². The van der Waals surface area contributed by atoms with Crippen molar-refractivity contribution in [3.05, 3.63) is 29.8 Å². The summed E-state index contributed by atoms with van der Waals surface area (Å²) >= 11 is 0. The molecule has 1 atom stereocenters. The molecule has 1 fully saturated rings. The molecule has 2 rings (SSSR count). The highest BCUT2D eigenvalue weighted by atomic mass is 19.4. The number of piperidine rings is 1. The quantitative estimate of drug-likeness (QED) is 0.901. The molecule has 0 spiro atoms. The maximum absolute atomic E-state index is 12.9. The highest BCUT2D eigenvalue weighted by molar-refractivity contribution is 5.95. The minimum Gasteiger partial charge on any atom is -0.393 e. The molecule has 1 aromatic carbocycles. The van der Waals surface area contributed by atoms with Crippen molar-refractivity contribution >= 4 is 11.6 Å². The van der Waals surface area contributed by atoms with Gasteiger partial charge in [-0.15, -0.1) is 0 Å². The lowest BCUT2D eigenvalue weighted by molar-refractivity contribution is -0.137. The summed E-state index contributed by atoms with van der Waals surface area (Å²) < 4.78 is 38.7. The predicted molar refractivity (Wildman–Crippen MR) is 76.3 cm³/mol. The number of aliphatic hydroxyl groups excluding tert-OH is 1. The standard InChI is InChI=1S/C15H19F3N2O2/c1-10(20-8-6-11(21)7-9-20)14(22)19-13-5-3-2-4-12(13)15(16,17)18/h2-5,10-11,21H,6-9H2,1H3,(H,19,22). The van der Waals surface area contributed by atoms with Crippen LogP contribution in [0.5, 0.6) is 0 Å². The van der Waals surface area contributed by atoms with Gasteiger partial charge in [0.25, 0.3) is 0 Å². The van der Waals surface area contributed by atoms with E-state index >= 15 is 0 Å². The molecule has 1 amide bonds. The van der Waals surface area contributed by atoms with Crippen LogP contribution in [0.3, 0.4) is 0 Å². The van der Waals surface area contributed by atoms with Crippen LogP contribution >= 0.6 is 0 Å². The average Bonchev–Trinajstić information content (AvgIpc) is 2.46. The van der Waals surface area contributed by atoms with Gasteiger partial charge < -0.3 is 10.4 Å². The third kappa shape index (κ3) is 3.98. The molecule has 7 heteroatoms. The first-order valence-electron chi connectivity index (χ1n) is 7.18. The van der Waals surface area contributed by atoms with Crippen molar-refractivity contribution in [2.24, 2.45) is 0 Å². The summed E-state index contributed by atoms with van der Waals surface area (Å²) in [4.78, 5) is 14.0. The lowest BCUT2D eigenvalue weighted by Gasteiger charge is -2.33. The molecule has 0 saturated carbocycles. The molecule has 22 heavy (non-hydrogen) atoms. The summed E-state index contributed by atoms with van der Waals surface area (Å²) in [6.07, 6.45) is -3.74. The maximum atomic E-state index is 12.9. The van der Waals surface area contributed by atoms with E-state index in [-0.39, 0.29) is 11.8 Å². The number of halogens is 3. The number of aliphatic hydroxyl groups is 1. The second-order valence-electron chi connectivity index (χ2n) is 5.48. The summed E-state index contributed by atoms with van der Waals surface area (Å²) in [5.41, 5.74) is -1.09. The Morgan fingerprint density at radius 1 is 1.32 bits per heavy atom. The van der Waals surface area contributed by atoms with Crippen LogP contribution < -0.4 is 5.32 Å². The van der Waals surface area contributed by atoms with Crippen LogP contribution in [0, 0.1) is 0 Å². The molecule has 122 valence electrons. The van der Waals surface area contributed by atoms with Gasteiger partial charge in [0.05, 0.1) is 23.4 Å². The monoisotopic (exact) mass is 316 g/mol. The molecule has 1 aromatic rings. The fourth-order valence-electron chi connectivity index (χ4n) is 2.52. The molecule has 4 nitrogen and oxygen atoms in total. The van der Waals surface area contributed by atoms with Crippen LogP contribution in [0.4, 0.5) is 18.9 Å². The summed E-state index contributed by atoms with van der Waals surface area (Å²) in [6.45, 7) is 2.76. The Balaban J connectivity index is 2.06. The number of amides is 1. The number of benzene rings is 1. The van der Waals surface area contributed by atoms with Crippen molar-refractivity contribution in [1.29, 1.82) is 0 Å². The average molecular weight is 316 g/mol. The number of carbonyl (C=O) groups excluding carboxylic acids is 1. The normalized spacial score (nSPS) is 19.0. The van der Waals surface area contributed by atoms with Crippen molar-refractivity contribution < 1.29 is 23.1 Å². The topological polar surface area (TPSA) is 52.6 Å². The second-order valence-corrected chi connectivity index (χ2v) is 5.48. The number of carbonyl (C=O) groups is 1. The van der Waals surface area contributed by atoms with Gasteiger partial charge >= 0.3 is 6.18 Å². The molecular formula is C15H19F3N2O2. The van der Waals surface area contributed by atoms with Crippen LogP contribution in [0.25, 0.3) is 0 Å². The number of nitrogens with one attached hydrogen (secondary N) is 1. The zero-order valence-electron chi connectivity index (χ0n) is 12.2. The zero-order chi connectivity index (χ0) is 16.3. The predicted octanol–water partition coefficient (Wildman–Crippen LogP) is 2.49. The largest absolute Gasteiger partial charge is 0.418 e. The van der Waals surface area contributed by atoms with E-state index in [9.17, 15) is 23.1 Å². The third-order valence-corrected chi connectivity index (χ3v) is 3.92. The van der Waals surface area contributed by atoms with E-state index in [1.165, 1.54) is 18.2 Å². The minimum absolute atomic E-state index is 0.233. The SMILES string of the molecule is CC(C(=O)Nc1ccccc1C(F)(F)F)N1CCC(O)CC1. The Bertz CT molecular complexity index is 526. The van der Waals surface area contributed by atoms with Gasteiger partial charge in [0.2, 0.25) is 5.91 Å². The molecule has 2 N–H and O–H groups in total. The number of hydrogen-bond acceptors (Lipinski definition) is 3. The zero-order valence-corrected chi connectivity index (χ0v) is 12.2. The fraction of sp³-hybridized carbons (Fsp3) is 0.533. The Kier molecular flexibility index (Phi) is 5.08. The summed E-state index contributed by atoms with van der Waals surface area (Å²) in [6, 6.07) is 4.37. The molecule has 0 bridgehead atoms. The number of alkyl halides is 3. The minimum atomic E-state index is -4.51. The summed E-state index contributed by atoms with van der Waals surface area (Å²) in [7, 11) is 0. The fourth-order valence-corrected chi connectivity index (χ4v) is 2.52. The molecule has 0 radical (unpaired) electrons. The summed E-state index contributed by atoms with van der Waals surface area (Å²) in [5.74, 6) is -0.479. The van der Waals surface area contributed by atoms with E-state index in [4.69, 9.17) is 0 Å². The van der Waals surface area contributed by atoms with E-state index < -0.39 is 23.7 Å². The lowest BCUT2D eigenvalue weighted by atomic mass is 10.1. The Morgan fingerprint density at radius 2 is 1.91 bits per heavy atom. The van der Waals surface area contributed by atoms with Gasteiger partial charge in [0.15, 0.2) is 0 Å². The van der Waals surface area contributed by atoms with Gasteiger partial charge in [-0.25, -0.2) is 0 Å². The van der Waals surface area contributed by atoms with Crippen LogP contribution in [-0.4, -0.2) is 41.1 Å². The number of likely N-dealkylation sites (tertiary alicyclic amines) is 1. The van der Waals surface area contributed by atoms with Crippen molar-refractivity contribution in [3.63, 3.8) is 0 Å².